The van der Waals surface area contributed by atoms with Crippen molar-refractivity contribution in [3.63, 3.8) is 0 Å². The third-order valence-corrected chi connectivity index (χ3v) is 4.00. The van der Waals surface area contributed by atoms with Crippen LogP contribution in [0, 0.1) is 0 Å². The van der Waals surface area contributed by atoms with Crippen molar-refractivity contribution in [1.82, 2.24) is 0 Å². The smallest absolute Gasteiger partial charge is 0.0798 e. The first-order chi connectivity index (χ1) is 7.81. The minimum absolute atomic E-state index is 0.278. The van der Waals surface area contributed by atoms with E-state index < -0.39 is 0 Å². The molecule has 0 amide bonds. The zero-order chi connectivity index (χ0) is 11.4. The molecule has 1 N–H and O–H groups in total. The molecule has 1 nitrogen and oxygen atoms in total. The Hall–Kier alpha value is -0.470. The van der Waals surface area contributed by atoms with Gasteiger partial charge in [-0.15, -0.1) is 0 Å². The van der Waals surface area contributed by atoms with Crippen LogP contribution >= 0.6 is 11.8 Å². The second-order valence-corrected chi connectivity index (χ2v) is 5.52. The van der Waals surface area contributed by atoms with Gasteiger partial charge >= 0.3 is 0 Å². The molecule has 1 aromatic rings. The van der Waals surface area contributed by atoms with Gasteiger partial charge in [0.15, 0.2) is 0 Å². The van der Waals surface area contributed by atoms with Crippen molar-refractivity contribution in [3.05, 3.63) is 34.9 Å². The number of thioether (sulfide) groups is 1. The number of rotatable bonds is 4. The maximum Gasteiger partial charge on any atom is 0.0798 e. The van der Waals surface area contributed by atoms with Crippen LogP contribution in [0.5, 0.6) is 0 Å². The molecule has 0 aromatic heterocycles. The molecule has 1 unspecified atom stereocenters. The number of aryl methyl sites for hydroxylation is 2. The molecule has 88 valence electrons. The van der Waals surface area contributed by atoms with Crippen LogP contribution in [0.15, 0.2) is 18.2 Å². The van der Waals surface area contributed by atoms with E-state index in [1.165, 1.54) is 36.8 Å². The highest BCUT2D eigenvalue weighted by atomic mass is 32.2. The van der Waals surface area contributed by atoms with Crippen molar-refractivity contribution >= 4 is 11.8 Å². The highest BCUT2D eigenvalue weighted by molar-refractivity contribution is 7.98. The quantitative estimate of drug-likeness (QED) is 0.865. The Morgan fingerprint density at radius 2 is 2.00 bits per heavy atom. The van der Waals surface area contributed by atoms with Gasteiger partial charge in [0.2, 0.25) is 0 Å². The second kappa shape index (κ2) is 5.74. The van der Waals surface area contributed by atoms with E-state index in [1.54, 1.807) is 11.8 Å². The molecule has 0 fully saturated rings. The summed E-state index contributed by atoms with van der Waals surface area (Å²) in [5, 5.41) is 10.0. The first-order valence-corrected chi connectivity index (χ1v) is 7.49. The minimum atomic E-state index is -0.278. The van der Waals surface area contributed by atoms with Gasteiger partial charge in [-0.1, -0.05) is 18.2 Å². The Bertz CT molecular complexity index is 349. The number of benzene rings is 1. The predicted molar refractivity (Wildman–Crippen MR) is 71.0 cm³/mol. The number of hydrogen-bond acceptors (Lipinski definition) is 2. The molecular formula is C14H20OS. The molecule has 1 aliphatic carbocycles. The highest BCUT2D eigenvalue weighted by Crippen LogP contribution is 2.26. The van der Waals surface area contributed by atoms with Gasteiger partial charge < -0.3 is 5.11 Å². The summed E-state index contributed by atoms with van der Waals surface area (Å²) in [7, 11) is 0. The monoisotopic (exact) mass is 236 g/mol. The molecule has 1 aliphatic rings. The fourth-order valence-corrected chi connectivity index (χ4v) is 2.82. The molecular weight excluding hydrogens is 216 g/mol. The van der Waals surface area contributed by atoms with Crippen LogP contribution in [0.3, 0.4) is 0 Å². The third-order valence-electron chi connectivity index (χ3n) is 3.35. The first kappa shape index (κ1) is 12.0. The topological polar surface area (TPSA) is 20.2 Å². The van der Waals surface area contributed by atoms with Gasteiger partial charge in [-0.2, -0.15) is 11.8 Å². The largest absolute Gasteiger partial charge is 0.388 e. The highest BCUT2D eigenvalue weighted by Gasteiger charge is 2.12. The molecule has 16 heavy (non-hydrogen) atoms. The van der Waals surface area contributed by atoms with E-state index in [4.69, 9.17) is 0 Å². The molecule has 2 heteroatoms. The van der Waals surface area contributed by atoms with Crippen LogP contribution in [-0.2, 0) is 12.8 Å². The summed E-state index contributed by atoms with van der Waals surface area (Å²) in [4.78, 5) is 0. The fourth-order valence-electron chi connectivity index (χ4n) is 2.36. The molecule has 0 bridgehead atoms. The standard InChI is InChI=1S/C14H20OS/c1-16-9-8-14(15)13-7-6-11-4-2-3-5-12(11)10-13/h6-7,10,14-15H,2-5,8-9H2,1H3. The normalized spacial score (nSPS) is 16.9. The zero-order valence-electron chi connectivity index (χ0n) is 9.91. The van der Waals surface area contributed by atoms with Crippen molar-refractivity contribution in [2.75, 3.05) is 12.0 Å². The summed E-state index contributed by atoms with van der Waals surface area (Å²) in [6, 6.07) is 6.54. The van der Waals surface area contributed by atoms with Crippen molar-refractivity contribution in [3.8, 4) is 0 Å². The van der Waals surface area contributed by atoms with Crippen LogP contribution in [0.2, 0.25) is 0 Å². The van der Waals surface area contributed by atoms with E-state index in [0.717, 1.165) is 17.7 Å². The van der Waals surface area contributed by atoms with Gasteiger partial charge in [-0.25, -0.2) is 0 Å². The summed E-state index contributed by atoms with van der Waals surface area (Å²) in [5.74, 6) is 1.03. The van der Waals surface area contributed by atoms with Crippen LogP contribution in [0.1, 0.15) is 42.1 Å². The SMILES string of the molecule is CSCCC(O)c1ccc2c(c1)CCCC2. The molecule has 0 aliphatic heterocycles. The molecule has 2 rings (SSSR count). The molecule has 1 atom stereocenters. The van der Waals surface area contributed by atoms with Crippen molar-refractivity contribution in [2.45, 2.75) is 38.2 Å². The lowest BCUT2D eigenvalue weighted by Crippen LogP contribution is -2.05. The lowest BCUT2D eigenvalue weighted by molar-refractivity contribution is 0.175. The third kappa shape index (κ3) is 2.80. The molecule has 0 saturated heterocycles. The van der Waals surface area contributed by atoms with E-state index in [0.29, 0.717) is 0 Å². The van der Waals surface area contributed by atoms with Crippen LogP contribution < -0.4 is 0 Å². The van der Waals surface area contributed by atoms with E-state index in [-0.39, 0.29) is 6.10 Å². The van der Waals surface area contributed by atoms with Gasteiger partial charge in [0, 0.05) is 0 Å². The molecule has 0 heterocycles. The van der Waals surface area contributed by atoms with Gasteiger partial charge in [0.05, 0.1) is 6.10 Å². The van der Waals surface area contributed by atoms with Crippen molar-refractivity contribution in [1.29, 1.82) is 0 Å². The second-order valence-electron chi connectivity index (χ2n) is 4.53. The van der Waals surface area contributed by atoms with E-state index in [2.05, 4.69) is 24.5 Å². The predicted octanol–water partition coefficient (Wildman–Crippen LogP) is 3.35. The van der Waals surface area contributed by atoms with Crippen LogP contribution in [0.25, 0.3) is 0 Å². The van der Waals surface area contributed by atoms with E-state index in [1.807, 2.05) is 0 Å². The van der Waals surface area contributed by atoms with Gasteiger partial charge in [0.1, 0.15) is 0 Å². The summed E-state index contributed by atoms with van der Waals surface area (Å²) in [6.07, 6.45) is 7.70. The van der Waals surface area contributed by atoms with Gasteiger partial charge in [-0.05, 0) is 60.8 Å². The summed E-state index contributed by atoms with van der Waals surface area (Å²) >= 11 is 1.79. The Morgan fingerprint density at radius 3 is 2.75 bits per heavy atom. The van der Waals surface area contributed by atoms with Crippen molar-refractivity contribution in [2.24, 2.45) is 0 Å². The zero-order valence-corrected chi connectivity index (χ0v) is 10.7. The average molecular weight is 236 g/mol. The molecule has 1 aromatic carbocycles. The number of hydrogen-bond donors (Lipinski definition) is 1. The maximum atomic E-state index is 10.0. The van der Waals surface area contributed by atoms with Crippen molar-refractivity contribution < 1.29 is 5.11 Å². The van der Waals surface area contributed by atoms with Crippen LogP contribution in [0.4, 0.5) is 0 Å². The minimum Gasteiger partial charge on any atom is -0.388 e. The Labute approximate surface area is 102 Å². The first-order valence-electron chi connectivity index (χ1n) is 6.10. The Balaban J connectivity index is 2.10. The van der Waals surface area contributed by atoms with Gasteiger partial charge in [-0.3, -0.25) is 0 Å². The number of aliphatic hydroxyl groups excluding tert-OH is 1. The lowest BCUT2D eigenvalue weighted by Gasteiger charge is -2.18. The van der Waals surface area contributed by atoms with E-state index >= 15 is 0 Å². The summed E-state index contributed by atoms with van der Waals surface area (Å²) in [5.41, 5.74) is 4.06. The summed E-state index contributed by atoms with van der Waals surface area (Å²) < 4.78 is 0. The molecule has 0 radical (unpaired) electrons. The fraction of sp³-hybridized carbons (Fsp3) is 0.571. The lowest BCUT2D eigenvalue weighted by atomic mass is 9.89. The van der Waals surface area contributed by atoms with Gasteiger partial charge in [0.25, 0.3) is 0 Å². The Morgan fingerprint density at radius 1 is 1.25 bits per heavy atom. The number of aliphatic hydroxyl groups is 1. The maximum absolute atomic E-state index is 10.0. The number of fused-ring (bicyclic) bond motifs is 1. The van der Waals surface area contributed by atoms with Crippen LogP contribution in [-0.4, -0.2) is 17.1 Å². The molecule has 0 saturated carbocycles. The van der Waals surface area contributed by atoms with E-state index in [9.17, 15) is 5.11 Å². The summed E-state index contributed by atoms with van der Waals surface area (Å²) in [6.45, 7) is 0. The average Bonchev–Trinajstić information content (AvgIpc) is 2.35. The Kier molecular flexibility index (Phi) is 4.30. The molecule has 0 spiro atoms.